The van der Waals surface area contributed by atoms with E-state index in [1.807, 2.05) is 40.7 Å². The molecule has 1 unspecified atom stereocenters. The first-order valence-electron chi connectivity index (χ1n) is 9.41. The van der Waals surface area contributed by atoms with Crippen molar-refractivity contribution in [2.45, 2.75) is 30.5 Å². The first-order chi connectivity index (χ1) is 13.7. The molecule has 0 fully saturated rings. The van der Waals surface area contributed by atoms with Gasteiger partial charge in [-0.1, -0.05) is 25.1 Å². The lowest BCUT2D eigenvalue weighted by Gasteiger charge is -2.16. The Morgan fingerprint density at radius 3 is 2.72 bits per heavy atom. The van der Waals surface area contributed by atoms with Gasteiger partial charge in [0, 0.05) is 41.8 Å². The molecule has 2 aromatic heterocycles. The predicted octanol–water partition coefficient (Wildman–Crippen LogP) is 4.12. The molecule has 0 saturated carbocycles. The van der Waals surface area contributed by atoms with Crippen LogP contribution in [0.3, 0.4) is 0 Å². The van der Waals surface area contributed by atoms with Crippen molar-refractivity contribution in [3.05, 3.63) is 72.9 Å². The predicted molar refractivity (Wildman–Crippen MR) is 131 cm³/mol. The molecule has 0 bridgehead atoms. The Kier molecular flexibility index (Phi) is 9.99. The zero-order chi connectivity index (χ0) is 19.6. The smallest absolute Gasteiger partial charge is 0.191 e. The first-order valence-corrected chi connectivity index (χ1v) is 10.3. The summed E-state index contributed by atoms with van der Waals surface area (Å²) in [4.78, 5) is 14.5. The van der Waals surface area contributed by atoms with Gasteiger partial charge in [0.1, 0.15) is 12.1 Å². The average molecular weight is 522 g/mol. The third-order valence-corrected chi connectivity index (χ3v) is 5.09. The Labute approximate surface area is 193 Å². The molecule has 1 aromatic carbocycles. The maximum Gasteiger partial charge on any atom is 0.191 e. The highest BCUT2D eigenvalue weighted by atomic mass is 127. The molecule has 6 nitrogen and oxygen atoms in total. The minimum atomic E-state index is 0. The van der Waals surface area contributed by atoms with E-state index in [1.165, 1.54) is 4.90 Å². The molecule has 0 aliphatic rings. The van der Waals surface area contributed by atoms with Crippen LogP contribution in [0.15, 0.2) is 77.3 Å². The van der Waals surface area contributed by atoms with E-state index in [2.05, 4.69) is 58.7 Å². The Morgan fingerprint density at radius 2 is 2.00 bits per heavy atom. The summed E-state index contributed by atoms with van der Waals surface area (Å²) in [5, 5.41) is 7.18. The summed E-state index contributed by atoms with van der Waals surface area (Å²) in [5.74, 6) is 1.67. The molecule has 0 amide bonds. The maximum absolute atomic E-state index is 4.72. The van der Waals surface area contributed by atoms with E-state index < -0.39 is 0 Å². The van der Waals surface area contributed by atoms with Crippen LogP contribution >= 0.6 is 35.7 Å². The normalized spacial score (nSPS) is 12.1. The van der Waals surface area contributed by atoms with Crippen molar-refractivity contribution in [3.8, 4) is 5.82 Å². The van der Waals surface area contributed by atoms with Crippen molar-refractivity contribution < 1.29 is 0 Å². The van der Waals surface area contributed by atoms with Gasteiger partial charge in [-0.25, -0.2) is 15.0 Å². The number of halogens is 1. The lowest BCUT2D eigenvalue weighted by molar-refractivity contribution is 0.794. The quantitative estimate of drug-likeness (QED) is 0.202. The number of guanidine groups is 1. The van der Waals surface area contributed by atoms with Crippen LogP contribution in [0.1, 0.15) is 19.4 Å². The fourth-order valence-corrected chi connectivity index (χ4v) is 3.57. The maximum atomic E-state index is 4.72. The van der Waals surface area contributed by atoms with E-state index in [1.54, 1.807) is 18.7 Å². The third kappa shape index (κ3) is 7.69. The van der Waals surface area contributed by atoms with Crippen LogP contribution in [-0.4, -0.2) is 38.8 Å². The van der Waals surface area contributed by atoms with E-state index in [-0.39, 0.29) is 24.0 Å². The molecule has 2 N–H and O–H groups in total. The van der Waals surface area contributed by atoms with Crippen LogP contribution in [-0.2, 0) is 6.54 Å². The Balaban J connectivity index is 0.00000300. The zero-order valence-corrected chi connectivity index (χ0v) is 19.8. The molecule has 3 aromatic rings. The summed E-state index contributed by atoms with van der Waals surface area (Å²) in [6, 6.07) is 14.5. The fraction of sp³-hybridized carbons (Fsp3) is 0.286. The summed E-state index contributed by atoms with van der Waals surface area (Å²) in [7, 11) is 0. The molecular weight excluding hydrogens is 495 g/mol. The standard InChI is InChI=1S/C21H26N6S.HI/c1-3-23-21(25-14-17(2)28-19-7-5-4-6-8-19)26-15-18-9-10-24-20(13-18)27-12-11-22-16-27;/h4-13,16-17H,3,14-15H2,1-2H3,(H2,23,25,26);1H. The second-order valence-electron chi connectivity index (χ2n) is 6.31. The van der Waals surface area contributed by atoms with Crippen molar-refractivity contribution in [1.82, 2.24) is 25.2 Å². The van der Waals surface area contributed by atoms with Crippen molar-refractivity contribution in [2.24, 2.45) is 4.99 Å². The molecule has 29 heavy (non-hydrogen) atoms. The van der Waals surface area contributed by atoms with Gasteiger partial charge in [-0.15, -0.1) is 35.7 Å². The number of imidazole rings is 1. The second kappa shape index (κ2) is 12.5. The topological polar surface area (TPSA) is 67.1 Å². The van der Waals surface area contributed by atoms with Crippen LogP contribution in [0.2, 0.25) is 0 Å². The van der Waals surface area contributed by atoms with Crippen LogP contribution < -0.4 is 10.6 Å². The van der Waals surface area contributed by atoms with Gasteiger partial charge in [-0.05, 0) is 36.8 Å². The molecule has 2 heterocycles. The van der Waals surface area contributed by atoms with Crippen molar-refractivity contribution in [2.75, 3.05) is 13.1 Å². The van der Waals surface area contributed by atoms with Gasteiger partial charge in [-0.2, -0.15) is 0 Å². The van der Waals surface area contributed by atoms with Gasteiger partial charge in [-0.3, -0.25) is 4.57 Å². The van der Waals surface area contributed by atoms with Gasteiger partial charge in [0.05, 0.1) is 6.54 Å². The largest absolute Gasteiger partial charge is 0.357 e. The van der Waals surface area contributed by atoms with Crippen molar-refractivity contribution in [3.63, 3.8) is 0 Å². The lowest BCUT2D eigenvalue weighted by Crippen LogP contribution is -2.40. The SMILES string of the molecule is CCNC(=NCc1ccnc(-n2ccnc2)c1)NCC(C)Sc1ccccc1.I. The van der Waals surface area contributed by atoms with Crippen molar-refractivity contribution in [1.29, 1.82) is 0 Å². The molecule has 1 atom stereocenters. The highest BCUT2D eigenvalue weighted by Gasteiger charge is 2.06. The van der Waals surface area contributed by atoms with Gasteiger partial charge >= 0.3 is 0 Å². The van der Waals surface area contributed by atoms with E-state index in [4.69, 9.17) is 4.99 Å². The monoisotopic (exact) mass is 522 g/mol. The molecule has 0 spiro atoms. The van der Waals surface area contributed by atoms with Gasteiger partial charge in [0.2, 0.25) is 0 Å². The molecular formula is C21H27IN6S. The van der Waals surface area contributed by atoms with E-state index in [9.17, 15) is 0 Å². The number of nitrogens with zero attached hydrogens (tertiary/aromatic N) is 4. The molecule has 8 heteroatoms. The highest BCUT2D eigenvalue weighted by Crippen LogP contribution is 2.21. The second-order valence-corrected chi connectivity index (χ2v) is 7.82. The number of thioether (sulfide) groups is 1. The Hall–Kier alpha value is -2.07. The summed E-state index contributed by atoms with van der Waals surface area (Å²) in [6.07, 6.45) is 7.17. The Bertz CT molecular complexity index is 870. The Morgan fingerprint density at radius 1 is 1.17 bits per heavy atom. The van der Waals surface area contributed by atoms with Crippen LogP contribution in [0.5, 0.6) is 0 Å². The lowest BCUT2D eigenvalue weighted by atomic mass is 10.2. The van der Waals surface area contributed by atoms with Gasteiger partial charge in [0.25, 0.3) is 0 Å². The number of aliphatic imine (C=N–C) groups is 1. The highest BCUT2D eigenvalue weighted by molar-refractivity contribution is 14.0. The van der Waals surface area contributed by atoms with Crippen LogP contribution in [0.4, 0.5) is 0 Å². The van der Waals surface area contributed by atoms with Crippen LogP contribution in [0.25, 0.3) is 5.82 Å². The van der Waals surface area contributed by atoms with Crippen LogP contribution in [0, 0.1) is 0 Å². The molecule has 0 aliphatic heterocycles. The molecule has 154 valence electrons. The number of aromatic nitrogens is 3. The summed E-state index contributed by atoms with van der Waals surface area (Å²) in [5.41, 5.74) is 1.10. The summed E-state index contributed by atoms with van der Waals surface area (Å²) >= 11 is 1.86. The van der Waals surface area contributed by atoms with E-state index in [0.29, 0.717) is 11.8 Å². The minimum absolute atomic E-state index is 0. The molecule has 0 radical (unpaired) electrons. The van der Waals surface area contributed by atoms with Crippen molar-refractivity contribution >= 4 is 41.7 Å². The van der Waals surface area contributed by atoms with Gasteiger partial charge in [0.15, 0.2) is 5.96 Å². The zero-order valence-electron chi connectivity index (χ0n) is 16.7. The molecule has 3 rings (SSSR count). The summed E-state index contributed by atoms with van der Waals surface area (Å²) in [6.45, 7) is 6.53. The number of rotatable bonds is 8. The average Bonchev–Trinajstić information content (AvgIpc) is 3.26. The number of hydrogen-bond donors (Lipinski definition) is 2. The number of pyridine rings is 1. The first kappa shape index (κ1) is 23.2. The number of nitrogens with one attached hydrogen (secondary N) is 2. The minimum Gasteiger partial charge on any atom is -0.357 e. The van der Waals surface area contributed by atoms with E-state index >= 15 is 0 Å². The molecule has 0 saturated heterocycles. The van der Waals surface area contributed by atoms with E-state index in [0.717, 1.165) is 30.4 Å². The number of hydrogen-bond acceptors (Lipinski definition) is 4. The summed E-state index contributed by atoms with van der Waals surface area (Å²) < 4.78 is 1.89. The number of benzene rings is 1. The third-order valence-electron chi connectivity index (χ3n) is 3.98. The fourth-order valence-electron chi connectivity index (χ4n) is 2.62. The van der Waals surface area contributed by atoms with Gasteiger partial charge < -0.3 is 10.6 Å². The molecule has 0 aliphatic carbocycles.